The van der Waals surface area contributed by atoms with Crippen molar-refractivity contribution in [3.8, 4) is 0 Å². The van der Waals surface area contributed by atoms with Crippen LogP contribution in [0.3, 0.4) is 0 Å². The van der Waals surface area contributed by atoms with Crippen molar-refractivity contribution in [3.05, 3.63) is 52.0 Å². The summed E-state index contributed by atoms with van der Waals surface area (Å²) in [4.78, 5) is 12.0. The maximum Gasteiger partial charge on any atom is 0.323 e. The first-order chi connectivity index (χ1) is 9.86. The molecule has 0 aliphatic carbocycles. The van der Waals surface area contributed by atoms with E-state index in [9.17, 15) is 4.79 Å². The standard InChI is InChI=1S/C16H18ClN3O/c1-9-4-5-12(7-13(9)17)19-16(21)20-15-8-14(18)10(2)6-11(15)3/h4-8H,18H2,1-3H3,(H2,19,20,21). The number of urea groups is 1. The zero-order valence-electron chi connectivity index (χ0n) is 12.3. The molecule has 5 heteroatoms. The fourth-order valence-electron chi connectivity index (χ4n) is 1.96. The van der Waals surface area contributed by atoms with Gasteiger partial charge in [0.15, 0.2) is 0 Å². The topological polar surface area (TPSA) is 67.2 Å². The minimum atomic E-state index is -0.332. The van der Waals surface area contributed by atoms with Crippen molar-refractivity contribution in [3.63, 3.8) is 0 Å². The number of amides is 2. The van der Waals surface area contributed by atoms with Crippen LogP contribution in [0.15, 0.2) is 30.3 Å². The van der Waals surface area contributed by atoms with E-state index in [0.717, 1.165) is 16.7 Å². The predicted octanol–water partition coefficient (Wildman–Crippen LogP) is 4.49. The van der Waals surface area contributed by atoms with Crippen molar-refractivity contribution in [2.45, 2.75) is 20.8 Å². The van der Waals surface area contributed by atoms with Crippen molar-refractivity contribution in [2.75, 3.05) is 16.4 Å². The van der Waals surface area contributed by atoms with Gasteiger partial charge >= 0.3 is 6.03 Å². The predicted molar refractivity (Wildman–Crippen MR) is 89.2 cm³/mol. The lowest BCUT2D eigenvalue weighted by Crippen LogP contribution is -2.20. The number of anilines is 3. The van der Waals surface area contributed by atoms with Gasteiger partial charge in [-0.3, -0.25) is 0 Å². The summed E-state index contributed by atoms with van der Waals surface area (Å²) in [6.45, 7) is 5.76. The highest BCUT2D eigenvalue weighted by molar-refractivity contribution is 6.31. The van der Waals surface area contributed by atoms with Crippen molar-refractivity contribution >= 4 is 34.7 Å². The van der Waals surface area contributed by atoms with E-state index in [0.29, 0.717) is 22.1 Å². The Morgan fingerprint density at radius 3 is 2.38 bits per heavy atom. The Balaban J connectivity index is 2.11. The first kappa shape index (κ1) is 15.2. The Hall–Kier alpha value is -2.20. The summed E-state index contributed by atoms with van der Waals surface area (Å²) < 4.78 is 0. The van der Waals surface area contributed by atoms with Gasteiger partial charge in [-0.25, -0.2) is 4.79 Å². The summed E-state index contributed by atoms with van der Waals surface area (Å²) in [5.74, 6) is 0. The van der Waals surface area contributed by atoms with E-state index in [-0.39, 0.29) is 6.03 Å². The Kier molecular flexibility index (Phi) is 4.38. The van der Waals surface area contributed by atoms with Gasteiger partial charge < -0.3 is 16.4 Å². The summed E-state index contributed by atoms with van der Waals surface area (Å²) >= 11 is 6.03. The van der Waals surface area contributed by atoms with E-state index < -0.39 is 0 Å². The summed E-state index contributed by atoms with van der Waals surface area (Å²) in [5, 5.41) is 6.15. The Bertz CT molecular complexity index is 698. The molecule has 2 aromatic carbocycles. The highest BCUT2D eigenvalue weighted by Gasteiger charge is 2.07. The Morgan fingerprint density at radius 1 is 1.00 bits per heavy atom. The summed E-state index contributed by atoms with van der Waals surface area (Å²) in [6, 6.07) is 8.73. The van der Waals surface area contributed by atoms with Crippen LogP contribution in [0.5, 0.6) is 0 Å². The van der Waals surface area contributed by atoms with Gasteiger partial charge in [0.25, 0.3) is 0 Å². The molecule has 2 rings (SSSR count). The molecule has 0 aliphatic rings. The number of nitrogens with one attached hydrogen (secondary N) is 2. The fourth-order valence-corrected chi connectivity index (χ4v) is 2.14. The second-order valence-electron chi connectivity index (χ2n) is 5.07. The molecule has 4 nitrogen and oxygen atoms in total. The van der Waals surface area contributed by atoms with Crippen LogP contribution >= 0.6 is 11.6 Å². The third-order valence-electron chi connectivity index (χ3n) is 3.29. The monoisotopic (exact) mass is 303 g/mol. The zero-order valence-corrected chi connectivity index (χ0v) is 13.0. The second kappa shape index (κ2) is 6.06. The van der Waals surface area contributed by atoms with Crippen LogP contribution < -0.4 is 16.4 Å². The van der Waals surface area contributed by atoms with E-state index in [1.165, 1.54) is 0 Å². The molecule has 0 aromatic heterocycles. The van der Waals surface area contributed by atoms with Gasteiger partial charge in [-0.15, -0.1) is 0 Å². The van der Waals surface area contributed by atoms with Crippen LogP contribution in [0.1, 0.15) is 16.7 Å². The number of aryl methyl sites for hydroxylation is 3. The lowest BCUT2D eigenvalue weighted by molar-refractivity contribution is 0.262. The molecule has 0 heterocycles. The van der Waals surface area contributed by atoms with Crippen LogP contribution in [0.2, 0.25) is 5.02 Å². The smallest absolute Gasteiger partial charge is 0.323 e. The Morgan fingerprint density at radius 2 is 1.71 bits per heavy atom. The van der Waals surface area contributed by atoms with E-state index in [4.69, 9.17) is 17.3 Å². The number of carbonyl (C=O) groups excluding carboxylic acids is 1. The summed E-state index contributed by atoms with van der Waals surface area (Å²) in [6.07, 6.45) is 0. The molecule has 0 spiro atoms. The quantitative estimate of drug-likeness (QED) is 0.715. The van der Waals surface area contributed by atoms with Crippen LogP contribution in [0.4, 0.5) is 21.9 Å². The normalized spacial score (nSPS) is 10.3. The molecule has 0 aliphatic heterocycles. The SMILES string of the molecule is Cc1cc(C)c(NC(=O)Nc2ccc(C)c(Cl)c2)cc1N. The molecule has 0 saturated carbocycles. The molecular weight excluding hydrogens is 286 g/mol. The van der Waals surface area contributed by atoms with E-state index in [1.807, 2.05) is 32.9 Å². The number of rotatable bonds is 2. The minimum Gasteiger partial charge on any atom is -0.398 e. The average molecular weight is 304 g/mol. The molecule has 0 atom stereocenters. The largest absolute Gasteiger partial charge is 0.398 e. The summed E-state index contributed by atoms with van der Waals surface area (Å²) in [7, 11) is 0. The van der Waals surface area contributed by atoms with E-state index >= 15 is 0 Å². The first-order valence-electron chi connectivity index (χ1n) is 6.57. The molecule has 0 unspecified atom stereocenters. The third kappa shape index (κ3) is 3.67. The number of nitrogens with two attached hydrogens (primary N) is 1. The third-order valence-corrected chi connectivity index (χ3v) is 3.70. The number of hydrogen-bond donors (Lipinski definition) is 3. The minimum absolute atomic E-state index is 0.332. The van der Waals surface area contributed by atoms with Gasteiger partial charge in [0.2, 0.25) is 0 Å². The number of carbonyl (C=O) groups is 1. The maximum absolute atomic E-state index is 12.0. The van der Waals surface area contributed by atoms with Crippen LogP contribution in [0.25, 0.3) is 0 Å². The molecule has 0 fully saturated rings. The van der Waals surface area contributed by atoms with Crippen molar-refractivity contribution in [1.82, 2.24) is 0 Å². The molecule has 0 bridgehead atoms. The van der Waals surface area contributed by atoms with Crippen LogP contribution in [0, 0.1) is 20.8 Å². The molecule has 110 valence electrons. The first-order valence-corrected chi connectivity index (χ1v) is 6.95. The number of nitrogen functional groups attached to an aromatic ring is 1. The van der Waals surface area contributed by atoms with Gasteiger partial charge in [-0.1, -0.05) is 23.7 Å². The van der Waals surface area contributed by atoms with Gasteiger partial charge in [0.05, 0.1) is 0 Å². The molecule has 4 N–H and O–H groups in total. The number of benzene rings is 2. The van der Waals surface area contributed by atoms with Crippen molar-refractivity contribution in [1.29, 1.82) is 0 Å². The highest BCUT2D eigenvalue weighted by atomic mass is 35.5. The van der Waals surface area contributed by atoms with Gasteiger partial charge in [-0.2, -0.15) is 0 Å². The number of halogens is 1. The lowest BCUT2D eigenvalue weighted by atomic mass is 10.1. The molecule has 2 amide bonds. The van der Waals surface area contributed by atoms with Gasteiger partial charge in [0.1, 0.15) is 0 Å². The van der Waals surface area contributed by atoms with Gasteiger partial charge in [0, 0.05) is 22.1 Å². The molecule has 21 heavy (non-hydrogen) atoms. The molecule has 0 saturated heterocycles. The van der Waals surface area contributed by atoms with Crippen LogP contribution in [-0.4, -0.2) is 6.03 Å². The highest BCUT2D eigenvalue weighted by Crippen LogP contribution is 2.23. The molecular formula is C16H18ClN3O. The zero-order chi connectivity index (χ0) is 15.6. The Labute approximate surface area is 129 Å². The maximum atomic E-state index is 12.0. The number of hydrogen-bond acceptors (Lipinski definition) is 2. The van der Waals surface area contributed by atoms with E-state index in [1.54, 1.807) is 18.2 Å². The fraction of sp³-hybridized carbons (Fsp3) is 0.188. The second-order valence-corrected chi connectivity index (χ2v) is 5.47. The van der Waals surface area contributed by atoms with E-state index in [2.05, 4.69) is 10.6 Å². The van der Waals surface area contributed by atoms with Crippen molar-refractivity contribution in [2.24, 2.45) is 0 Å². The summed E-state index contributed by atoms with van der Waals surface area (Å²) in [5.41, 5.74) is 10.8. The molecule has 2 aromatic rings. The average Bonchev–Trinajstić information content (AvgIpc) is 2.40. The van der Waals surface area contributed by atoms with Gasteiger partial charge in [-0.05, 0) is 55.7 Å². The molecule has 0 radical (unpaired) electrons. The van der Waals surface area contributed by atoms with Crippen molar-refractivity contribution < 1.29 is 4.79 Å². The lowest BCUT2D eigenvalue weighted by Gasteiger charge is -2.12. The van der Waals surface area contributed by atoms with Crippen LogP contribution in [-0.2, 0) is 0 Å².